The minimum absolute atomic E-state index is 0.345. The fourth-order valence-electron chi connectivity index (χ4n) is 1.35. The molecule has 0 bridgehead atoms. The van der Waals surface area contributed by atoms with E-state index in [0.717, 1.165) is 0 Å². The van der Waals surface area contributed by atoms with E-state index in [-0.39, 0.29) is 5.97 Å². The number of rotatable bonds is 8. The standard InChI is InChI=1S/C13H18O4S/c1-2-16-13(14)11-5-3-4-6-12(11)17-8-7-15-9-10-18/h3-6,18H,2,7-10H2,1H3. The van der Waals surface area contributed by atoms with Gasteiger partial charge in [0, 0.05) is 5.75 Å². The van der Waals surface area contributed by atoms with Crippen LogP contribution in [-0.4, -0.2) is 38.1 Å². The summed E-state index contributed by atoms with van der Waals surface area (Å²) in [5.74, 6) is 0.828. The van der Waals surface area contributed by atoms with Gasteiger partial charge in [-0.2, -0.15) is 12.6 Å². The lowest BCUT2D eigenvalue weighted by Gasteiger charge is -2.10. The second-order valence-corrected chi connectivity index (χ2v) is 3.85. The van der Waals surface area contributed by atoms with E-state index in [1.54, 1.807) is 25.1 Å². The molecule has 100 valence electrons. The first-order valence-electron chi connectivity index (χ1n) is 5.87. The van der Waals surface area contributed by atoms with Crippen molar-refractivity contribution in [2.24, 2.45) is 0 Å². The van der Waals surface area contributed by atoms with Crippen molar-refractivity contribution >= 4 is 18.6 Å². The molecule has 0 radical (unpaired) electrons. The fraction of sp³-hybridized carbons (Fsp3) is 0.462. The van der Waals surface area contributed by atoms with Crippen LogP contribution in [0.1, 0.15) is 17.3 Å². The smallest absolute Gasteiger partial charge is 0.341 e. The first kappa shape index (κ1) is 14.9. The monoisotopic (exact) mass is 270 g/mol. The van der Waals surface area contributed by atoms with Crippen LogP contribution in [0.25, 0.3) is 0 Å². The van der Waals surface area contributed by atoms with Crippen LogP contribution in [0.15, 0.2) is 24.3 Å². The van der Waals surface area contributed by atoms with Gasteiger partial charge in [-0.05, 0) is 19.1 Å². The van der Waals surface area contributed by atoms with E-state index in [4.69, 9.17) is 14.2 Å². The van der Waals surface area contributed by atoms with Gasteiger partial charge in [0.15, 0.2) is 0 Å². The van der Waals surface area contributed by atoms with Gasteiger partial charge in [0.2, 0.25) is 0 Å². The first-order valence-corrected chi connectivity index (χ1v) is 6.50. The molecule has 5 heteroatoms. The van der Waals surface area contributed by atoms with Crippen molar-refractivity contribution in [3.63, 3.8) is 0 Å². The summed E-state index contributed by atoms with van der Waals surface area (Å²) in [6.07, 6.45) is 0. The molecule has 0 saturated carbocycles. The largest absolute Gasteiger partial charge is 0.490 e. The minimum atomic E-state index is -0.371. The van der Waals surface area contributed by atoms with Crippen LogP contribution in [0.5, 0.6) is 5.75 Å². The molecule has 0 N–H and O–H groups in total. The summed E-state index contributed by atoms with van der Waals surface area (Å²) in [4.78, 5) is 11.7. The summed E-state index contributed by atoms with van der Waals surface area (Å²) < 4.78 is 15.7. The van der Waals surface area contributed by atoms with Crippen molar-refractivity contribution in [2.75, 3.05) is 32.2 Å². The predicted octanol–water partition coefficient (Wildman–Crippen LogP) is 2.19. The number of ether oxygens (including phenoxy) is 3. The highest BCUT2D eigenvalue weighted by Gasteiger charge is 2.12. The van der Waals surface area contributed by atoms with Crippen molar-refractivity contribution < 1.29 is 19.0 Å². The first-order chi connectivity index (χ1) is 8.79. The normalized spacial score (nSPS) is 10.1. The Bertz CT molecular complexity index is 368. The van der Waals surface area contributed by atoms with Gasteiger partial charge in [-0.3, -0.25) is 0 Å². The van der Waals surface area contributed by atoms with Crippen LogP contribution in [0, 0.1) is 0 Å². The van der Waals surface area contributed by atoms with Gasteiger partial charge in [0.25, 0.3) is 0 Å². The molecule has 0 fully saturated rings. The van der Waals surface area contributed by atoms with Crippen molar-refractivity contribution in [3.8, 4) is 5.75 Å². The second-order valence-electron chi connectivity index (χ2n) is 3.40. The van der Waals surface area contributed by atoms with Gasteiger partial charge in [0.1, 0.15) is 17.9 Å². The van der Waals surface area contributed by atoms with E-state index in [2.05, 4.69) is 12.6 Å². The third-order valence-corrected chi connectivity index (χ3v) is 2.29. The SMILES string of the molecule is CCOC(=O)c1ccccc1OCCOCCS. The number of hydrogen-bond acceptors (Lipinski definition) is 5. The lowest BCUT2D eigenvalue weighted by Crippen LogP contribution is -2.11. The number of para-hydroxylation sites is 1. The van der Waals surface area contributed by atoms with Crippen LogP contribution in [-0.2, 0) is 9.47 Å². The van der Waals surface area contributed by atoms with Crippen molar-refractivity contribution in [2.45, 2.75) is 6.92 Å². The van der Waals surface area contributed by atoms with Gasteiger partial charge >= 0.3 is 5.97 Å². The molecule has 0 aliphatic carbocycles. The summed E-state index contributed by atoms with van der Waals surface area (Å²) in [7, 11) is 0. The Morgan fingerprint density at radius 1 is 1.22 bits per heavy atom. The number of carbonyl (C=O) groups is 1. The number of hydrogen-bond donors (Lipinski definition) is 1. The lowest BCUT2D eigenvalue weighted by atomic mass is 10.2. The van der Waals surface area contributed by atoms with Crippen LogP contribution in [0.2, 0.25) is 0 Å². The second kappa shape index (κ2) is 8.83. The molecular weight excluding hydrogens is 252 g/mol. The maximum absolute atomic E-state index is 11.7. The maximum atomic E-state index is 11.7. The van der Waals surface area contributed by atoms with Crippen LogP contribution < -0.4 is 4.74 Å². The van der Waals surface area contributed by atoms with Crippen LogP contribution in [0.3, 0.4) is 0 Å². The zero-order valence-corrected chi connectivity index (χ0v) is 11.3. The molecular formula is C13H18O4S. The Balaban J connectivity index is 2.51. The number of carbonyl (C=O) groups excluding carboxylic acids is 1. The molecule has 0 atom stereocenters. The molecule has 4 nitrogen and oxygen atoms in total. The Morgan fingerprint density at radius 3 is 2.72 bits per heavy atom. The minimum Gasteiger partial charge on any atom is -0.490 e. The van der Waals surface area contributed by atoms with E-state index in [1.165, 1.54) is 0 Å². The molecule has 0 saturated heterocycles. The molecule has 1 rings (SSSR count). The van der Waals surface area contributed by atoms with Gasteiger partial charge in [0.05, 0.1) is 19.8 Å². The third-order valence-electron chi connectivity index (χ3n) is 2.10. The molecule has 0 aliphatic rings. The third kappa shape index (κ3) is 4.98. The van der Waals surface area contributed by atoms with Crippen molar-refractivity contribution in [1.29, 1.82) is 0 Å². The zero-order valence-electron chi connectivity index (χ0n) is 10.4. The zero-order chi connectivity index (χ0) is 13.2. The molecule has 0 unspecified atom stereocenters. The van der Waals surface area contributed by atoms with Crippen molar-refractivity contribution in [1.82, 2.24) is 0 Å². The van der Waals surface area contributed by atoms with Gasteiger partial charge in [-0.25, -0.2) is 4.79 Å². The van der Waals surface area contributed by atoms with Crippen LogP contribution >= 0.6 is 12.6 Å². The molecule has 0 aliphatic heterocycles. The van der Waals surface area contributed by atoms with Crippen LogP contribution in [0.4, 0.5) is 0 Å². The summed E-state index contributed by atoms with van der Waals surface area (Å²) in [6.45, 7) is 3.57. The molecule has 0 amide bonds. The van der Waals surface area contributed by atoms with E-state index in [1.807, 2.05) is 6.07 Å². The Hall–Kier alpha value is -1.20. The highest BCUT2D eigenvalue weighted by molar-refractivity contribution is 7.80. The van der Waals surface area contributed by atoms with Gasteiger partial charge < -0.3 is 14.2 Å². The molecule has 18 heavy (non-hydrogen) atoms. The Kier molecular flexibility index (Phi) is 7.29. The molecule has 0 heterocycles. The molecule has 1 aromatic rings. The molecule has 0 spiro atoms. The summed E-state index contributed by atoms with van der Waals surface area (Å²) >= 11 is 4.03. The Labute approximate surface area is 113 Å². The number of esters is 1. The molecule has 0 aromatic heterocycles. The fourth-order valence-corrected chi connectivity index (χ4v) is 1.48. The van der Waals surface area contributed by atoms with E-state index >= 15 is 0 Å². The lowest BCUT2D eigenvalue weighted by molar-refractivity contribution is 0.0518. The summed E-state index contributed by atoms with van der Waals surface area (Å²) in [5.41, 5.74) is 0.438. The predicted molar refractivity (Wildman–Crippen MR) is 72.6 cm³/mol. The van der Waals surface area contributed by atoms with E-state index in [0.29, 0.717) is 43.5 Å². The van der Waals surface area contributed by atoms with Gasteiger partial charge in [-0.15, -0.1) is 0 Å². The topological polar surface area (TPSA) is 44.8 Å². The summed E-state index contributed by atoms with van der Waals surface area (Å²) in [6, 6.07) is 7.01. The van der Waals surface area contributed by atoms with Gasteiger partial charge in [-0.1, -0.05) is 12.1 Å². The van der Waals surface area contributed by atoms with Crippen molar-refractivity contribution in [3.05, 3.63) is 29.8 Å². The van der Waals surface area contributed by atoms with E-state index < -0.39 is 0 Å². The number of benzene rings is 1. The Morgan fingerprint density at radius 2 is 2.00 bits per heavy atom. The average molecular weight is 270 g/mol. The highest BCUT2D eigenvalue weighted by atomic mass is 32.1. The average Bonchev–Trinajstić information content (AvgIpc) is 2.39. The molecule has 1 aromatic carbocycles. The quantitative estimate of drug-likeness (QED) is 0.447. The summed E-state index contributed by atoms with van der Waals surface area (Å²) in [5, 5.41) is 0. The van der Waals surface area contributed by atoms with E-state index in [9.17, 15) is 4.79 Å². The number of thiol groups is 1. The maximum Gasteiger partial charge on any atom is 0.341 e. The highest BCUT2D eigenvalue weighted by Crippen LogP contribution is 2.18.